The summed E-state index contributed by atoms with van der Waals surface area (Å²) in [4.78, 5) is 16.3. The predicted octanol–water partition coefficient (Wildman–Crippen LogP) is 2.84. The highest BCUT2D eigenvalue weighted by molar-refractivity contribution is 6.05. The molecule has 2 rings (SSSR count). The topological polar surface area (TPSA) is 68.0 Å². The molecule has 0 fully saturated rings. The lowest BCUT2D eigenvalue weighted by atomic mass is 10.1. The number of pyridine rings is 1. The Morgan fingerprint density at radius 2 is 1.89 bits per heavy atom. The van der Waals surface area contributed by atoms with Gasteiger partial charge in [-0.05, 0) is 50.1 Å². The largest absolute Gasteiger partial charge is 0.397 e. The average molecular weight is 255 g/mol. The lowest BCUT2D eigenvalue weighted by molar-refractivity contribution is 0.102. The van der Waals surface area contributed by atoms with Crippen LogP contribution < -0.4 is 11.1 Å². The number of amides is 1. The van der Waals surface area contributed by atoms with E-state index in [0.29, 0.717) is 16.9 Å². The summed E-state index contributed by atoms with van der Waals surface area (Å²) in [5, 5.41) is 2.86. The second kappa shape index (κ2) is 5.10. The van der Waals surface area contributed by atoms with E-state index >= 15 is 0 Å². The summed E-state index contributed by atoms with van der Waals surface area (Å²) in [5.74, 6) is -0.194. The molecule has 0 aliphatic heterocycles. The van der Waals surface area contributed by atoms with E-state index in [-0.39, 0.29) is 5.91 Å². The fourth-order valence-electron chi connectivity index (χ4n) is 1.80. The van der Waals surface area contributed by atoms with Crippen molar-refractivity contribution in [1.82, 2.24) is 4.98 Å². The van der Waals surface area contributed by atoms with Crippen molar-refractivity contribution in [3.05, 3.63) is 52.8 Å². The first-order valence-corrected chi connectivity index (χ1v) is 6.08. The first-order chi connectivity index (χ1) is 8.97. The van der Waals surface area contributed by atoms with Gasteiger partial charge < -0.3 is 11.1 Å². The Morgan fingerprint density at radius 3 is 2.58 bits per heavy atom. The summed E-state index contributed by atoms with van der Waals surface area (Å²) in [5.41, 5.74) is 10.4. The Balaban J connectivity index is 2.25. The van der Waals surface area contributed by atoms with Gasteiger partial charge in [0.25, 0.3) is 5.91 Å². The van der Waals surface area contributed by atoms with E-state index < -0.39 is 0 Å². The molecule has 1 amide bonds. The van der Waals surface area contributed by atoms with Crippen LogP contribution in [0.2, 0.25) is 0 Å². The van der Waals surface area contributed by atoms with Gasteiger partial charge in [-0.15, -0.1) is 0 Å². The van der Waals surface area contributed by atoms with E-state index in [9.17, 15) is 4.79 Å². The van der Waals surface area contributed by atoms with E-state index in [4.69, 9.17) is 5.73 Å². The molecule has 4 heteroatoms. The Bertz CT molecular complexity index is 635. The van der Waals surface area contributed by atoms with Crippen LogP contribution in [0.4, 0.5) is 11.4 Å². The number of aryl methyl sites for hydroxylation is 3. The van der Waals surface area contributed by atoms with Crippen LogP contribution in [0.3, 0.4) is 0 Å². The van der Waals surface area contributed by atoms with E-state index in [1.807, 2.05) is 32.0 Å². The van der Waals surface area contributed by atoms with E-state index in [0.717, 1.165) is 11.3 Å². The second-order valence-corrected chi connectivity index (χ2v) is 4.65. The number of hydrogen-bond donors (Lipinski definition) is 2. The molecule has 0 unspecified atom stereocenters. The SMILES string of the molecule is Cc1ccc(NC(=O)c2cc(N)cnc2C)cc1C. The zero-order chi connectivity index (χ0) is 14.0. The molecule has 4 nitrogen and oxygen atoms in total. The van der Waals surface area contributed by atoms with Crippen molar-refractivity contribution in [1.29, 1.82) is 0 Å². The molecular formula is C15H17N3O. The lowest BCUT2D eigenvalue weighted by Crippen LogP contribution is -2.14. The maximum Gasteiger partial charge on any atom is 0.257 e. The first-order valence-electron chi connectivity index (χ1n) is 6.08. The van der Waals surface area contributed by atoms with Crippen LogP contribution >= 0.6 is 0 Å². The van der Waals surface area contributed by atoms with Crippen LogP contribution in [0.1, 0.15) is 27.2 Å². The molecule has 1 aromatic carbocycles. The zero-order valence-electron chi connectivity index (χ0n) is 11.3. The summed E-state index contributed by atoms with van der Waals surface area (Å²) in [6.07, 6.45) is 1.54. The number of rotatable bonds is 2. The third kappa shape index (κ3) is 2.91. The zero-order valence-corrected chi connectivity index (χ0v) is 11.3. The monoisotopic (exact) mass is 255 g/mol. The highest BCUT2D eigenvalue weighted by Crippen LogP contribution is 2.16. The molecule has 19 heavy (non-hydrogen) atoms. The van der Waals surface area contributed by atoms with Crippen molar-refractivity contribution >= 4 is 17.3 Å². The van der Waals surface area contributed by atoms with Crippen LogP contribution in [0.25, 0.3) is 0 Å². The fraction of sp³-hybridized carbons (Fsp3) is 0.200. The molecule has 0 saturated heterocycles. The molecule has 0 aliphatic rings. The van der Waals surface area contributed by atoms with Crippen molar-refractivity contribution in [2.75, 3.05) is 11.1 Å². The first kappa shape index (κ1) is 13.1. The average Bonchev–Trinajstić information content (AvgIpc) is 2.36. The molecule has 0 atom stereocenters. The van der Waals surface area contributed by atoms with Gasteiger partial charge in [0.1, 0.15) is 0 Å². The van der Waals surface area contributed by atoms with Crippen LogP contribution in [-0.4, -0.2) is 10.9 Å². The second-order valence-electron chi connectivity index (χ2n) is 4.65. The van der Waals surface area contributed by atoms with Crippen molar-refractivity contribution in [3.63, 3.8) is 0 Å². The van der Waals surface area contributed by atoms with E-state index in [2.05, 4.69) is 10.3 Å². The molecule has 1 heterocycles. The lowest BCUT2D eigenvalue weighted by Gasteiger charge is -2.09. The minimum absolute atomic E-state index is 0.194. The number of anilines is 2. The molecule has 0 radical (unpaired) electrons. The number of carbonyl (C=O) groups is 1. The maximum atomic E-state index is 12.2. The molecule has 0 saturated carbocycles. The minimum Gasteiger partial charge on any atom is -0.397 e. The number of benzene rings is 1. The molecular weight excluding hydrogens is 238 g/mol. The van der Waals surface area contributed by atoms with E-state index in [1.54, 1.807) is 19.2 Å². The molecule has 2 aromatic rings. The third-order valence-corrected chi connectivity index (χ3v) is 3.12. The number of hydrogen-bond acceptors (Lipinski definition) is 3. The van der Waals surface area contributed by atoms with Crippen molar-refractivity contribution in [2.45, 2.75) is 20.8 Å². The molecule has 1 aromatic heterocycles. The molecule has 0 spiro atoms. The number of nitrogens with zero attached hydrogens (tertiary/aromatic N) is 1. The highest BCUT2D eigenvalue weighted by Gasteiger charge is 2.11. The van der Waals surface area contributed by atoms with Gasteiger partial charge in [0, 0.05) is 5.69 Å². The van der Waals surface area contributed by atoms with Gasteiger partial charge >= 0.3 is 0 Å². The minimum atomic E-state index is -0.194. The van der Waals surface area contributed by atoms with Gasteiger partial charge in [-0.2, -0.15) is 0 Å². The standard InChI is InChI=1S/C15H17N3O/c1-9-4-5-13(6-10(9)2)18-15(19)14-7-12(16)8-17-11(14)3/h4-8H,16H2,1-3H3,(H,18,19). The normalized spacial score (nSPS) is 10.3. The van der Waals surface area contributed by atoms with E-state index in [1.165, 1.54) is 5.56 Å². The Hall–Kier alpha value is -2.36. The quantitative estimate of drug-likeness (QED) is 0.867. The highest BCUT2D eigenvalue weighted by atomic mass is 16.1. The number of aromatic nitrogens is 1. The van der Waals surface area contributed by atoms with Gasteiger partial charge in [-0.3, -0.25) is 9.78 Å². The Labute approximate surface area is 112 Å². The van der Waals surface area contributed by atoms with Crippen LogP contribution in [-0.2, 0) is 0 Å². The number of nitrogens with two attached hydrogens (primary N) is 1. The number of carbonyl (C=O) groups excluding carboxylic acids is 1. The van der Waals surface area contributed by atoms with Gasteiger partial charge in [0.2, 0.25) is 0 Å². The Kier molecular flexibility index (Phi) is 3.51. The van der Waals surface area contributed by atoms with Crippen molar-refractivity contribution in [3.8, 4) is 0 Å². The smallest absolute Gasteiger partial charge is 0.257 e. The van der Waals surface area contributed by atoms with Crippen molar-refractivity contribution < 1.29 is 4.79 Å². The third-order valence-electron chi connectivity index (χ3n) is 3.12. The summed E-state index contributed by atoms with van der Waals surface area (Å²) >= 11 is 0. The molecule has 98 valence electrons. The molecule has 3 N–H and O–H groups in total. The Morgan fingerprint density at radius 1 is 1.16 bits per heavy atom. The van der Waals surface area contributed by atoms with Crippen molar-refractivity contribution in [2.24, 2.45) is 0 Å². The number of nitrogens with one attached hydrogen (secondary N) is 1. The summed E-state index contributed by atoms with van der Waals surface area (Å²) < 4.78 is 0. The van der Waals surface area contributed by atoms with Gasteiger partial charge in [0.05, 0.1) is 23.1 Å². The van der Waals surface area contributed by atoms with Gasteiger partial charge in [0.15, 0.2) is 0 Å². The van der Waals surface area contributed by atoms with Gasteiger partial charge in [-0.1, -0.05) is 6.07 Å². The maximum absolute atomic E-state index is 12.2. The predicted molar refractivity (Wildman–Crippen MR) is 77.3 cm³/mol. The number of nitrogen functional groups attached to an aromatic ring is 1. The fourth-order valence-corrected chi connectivity index (χ4v) is 1.80. The molecule has 0 bridgehead atoms. The van der Waals surface area contributed by atoms with Crippen LogP contribution in [0.5, 0.6) is 0 Å². The molecule has 0 aliphatic carbocycles. The van der Waals surface area contributed by atoms with Crippen LogP contribution in [0, 0.1) is 20.8 Å². The van der Waals surface area contributed by atoms with Gasteiger partial charge in [-0.25, -0.2) is 0 Å². The summed E-state index contributed by atoms with van der Waals surface area (Å²) in [6.45, 7) is 5.83. The summed E-state index contributed by atoms with van der Waals surface area (Å²) in [7, 11) is 0. The van der Waals surface area contributed by atoms with Crippen LogP contribution in [0.15, 0.2) is 30.5 Å². The summed E-state index contributed by atoms with van der Waals surface area (Å²) in [6, 6.07) is 7.45.